The predicted molar refractivity (Wildman–Crippen MR) is 113 cm³/mol. The maximum Gasteiger partial charge on any atom is 0.273 e. The lowest BCUT2D eigenvalue weighted by atomic mass is 10.2. The SMILES string of the molecule is CCN(CC)CCN(C(=O)c1snnc1C)c1nc2c(C)c(Cl)ccc2s1. The van der Waals surface area contributed by atoms with E-state index in [1.165, 1.54) is 11.3 Å². The number of aryl methyl sites for hydroxylation is 2. The molecule has 0 aliphatic rings. The highest BCUT2D eigenvalue weighted by Gasteiger charge is 2.25. The molecule has 3 aromatic rings. The van der Waals surface area contributed by atoms with Crippen LogP contribution in [-0.4, -0.2) is 51.6 Å². The standard InChI is InChI=1S/C18H22ClN5OS2/c1-5-23(6-2)9-10-24(17(25)16-12(4)21-22-27-16)18-20-15-11(3)13(19)7-8-14(15)26-18/h7-8H,5-6,9-10H2,1-4H3. The molecule has 2 heterocycles. The van der Waals surface area contributed by atoms with Crippen LogP contribution in [0.5, 0.6) is 0 Å². The van der Waals surface area contributed by atoms with Gasteiger partial charge in [0.05, 0.1) is 15.9 Å². The molecule has 0 spiro atoms. The molecular weight excluding hydrogens is 402 g/mol. The first-order valence-electron chi connectivity index (χ1n) is 8.85. The molecule has 27 heavy (non-hydrogen) atoms. The van der Waals surface area contributed by atoms with E-state index in [-0.39, 0.29) is 5.91 Å². The topological polar surface area (TPSA) is 62.2 Å². The molecule has 0 bridgehead atoms. The zero-order valence-corrected chi connectivity index (χ0v) is 18.2. The molecule has 0 atom stereocenters. The summed E-state index contributed by atoms with van der Waals surface area (Å²) < 4.78 is 4.93. The van der Waals surface area contributed by atoms with Crippen LogP contribution in [0, 0.1) is 13.8 Å². The second-order valence-electron chi connectivity index (χ2n) is 6.19. The molecule has 0 N–H and O–H groups in total. The quantitative estimate of drug-likeness (QED) is 0.563. The van der Waals surface area contributed by atoms with E-state index in [1.54, 1.807) is 4.90 Å². The fourth-order valence-electron chi connectivity index (χ4n) is 2.82. The third kappa shape index (κ3) is 4.13. The maximum atomic E-state index is 13.2. The average molecular weight is 424 g/mol. The lowest BCUT2D eigenvalue weighted by Gasteiger charge is -2.24. The number of aromatic nitrogens is 3. The van der Waals surface area contributed by atoms with E-state index in [0.717, 1.165) is 46.9 Å². The maximum absolute atomic E-state index is 13.2. The van der Waals surface area contributed by atoms with Gasteiger partial charge in [0.15, 0.2) is 5.13 Å². The highest BCUT2D eigenvalue weighted by molar-refractivity contribution is 7.22. The van der Waals surface area contributed by atoms with E-state index in [4.69, 9.17) is 16.6 Å². The van der Waals surface area contributed by atoms with Crippen molar-refractivity contribution in [2.75, 3.05) is 31.1 Å². The summed E-state index contributed by atoms with van der Waals surface area (Å²) in [5.74, 6) is -0.0996. The molecule has 9 heteroatoms. The Bertz CT molecular complexity index is 951. The molecule has 1 amide bonds. The number of hydrogen-bond acceptors (Lipinski definition) is 7. The number of benzene rings is 1. The molecule has 0 radical (unpaired) electrons. The molecule has 0 saturated heterocycles. The zero-order valence-electron chi connectivity index (χ0n) is 15.8. The Morgan fingerprint density at radius 1 is 1.19 bits per heavy atom. The Labute approximate surface area is 171 Å². The van der Waals surface area contributed by atoms with Crippen LogP contribution < -0.4 is 4.90 Å². The first kappa shape index (κ1) is 20.1. The molecule has 0 aliphatic heterocycles. The molecule has 2 aromatic heterocycles. The fourth-order valence-corrected chi connectivity index (χ4v) is 4.63. The summed E-state index contributed by atoms with van der Waals surface area (Å²) in [6, 6.07) is 3.83. The van der Waals surface area contributed by atoms with E-state index in [1.807, 2.05) is 26.0 Å². The Hall–Kier alpha value is -1.61. The third-order valence-corrected chi connectivity index (χ3v) is 6.86. The lowest BCUT2D eigenvalue weighted by Crippen LogP contribution is -2.38. The van der Waals surface area contributed by atoms with Crippen molar-refractivity contribution in [3.63, 3.8) is 0 Å². The van der Waals surface area contributed by atoms with Gasteiger partial charge in [0, 0.05) is 18.1 Å². The molecule has 0 fully saturated rings. The highest BCUT2D eigenvalue weighted by Crippen LogP contribution is 2.34. The average Bonchev–Trinajstić information content (AvgIpc) is 3.28. The van der Waals surface area contributed by atoms with Gasteiger partial charge in [0.2, 0.25) is 0 Å². The summed E-state index contributed by atoms with van der Waals surface area (Å²) in [5, 5.41) is 5.35. The van der Waals surface area contributed by atoms with Gasteiger partial charge in [-0.05, 0) is 56.2 Å². The van der Waals surface area contributed by atoms with Gasteiger partial charge in [0.25, 0.3) is 5.91 Å². The van der Waals surface area contributed by atoms with Gasteiger partial charge in [-0.3, -0.25) is 9.69 Å². The van der Waals surface area contributed by atoms with E-state index in [9.17, 15) is 4.79 Å². The summed E-state index contributed by atoms with van der Waals surface area (Å²) >= 11 is 8.88. The number of nitrogens with zero attached hydrogens (tertiary/aromatic N) is 5. The minimum atomic E-state index is -0.0996. The van der Waals surface area contributed by atoms with Gasteiger partial charge in [-0.15, -0.1) is 5.10 Å². The Kier molecular flexibility index (Phi) is 6.41. The molecule has 3 rings (SSSR count). The largest absolute Gasteiger partial charge is 0.302 e. The van der Waals surface area contributed by atoms with Crippen LogP contribution in [-0.2, 0) is 0 Å². The second kappa shape index (κ2) is 8.60. The van der Waals surface area contributed by atoms with Crippen molar-refractivity contribution >= 4 is 55.7 Å². The van der Waals surface area contributed by atoms with Crippen molar-refractivity contribution in [1.82, 2.24) is 19.5 Å². The van der Waals surface area contributed by atoms with E-state index >= 15 is 0 Å². The lowest BCUT2D eigenvalue weighted by molar-refractivity contribution is 0.0987. The number of carbonyl (C=O) groups excluding carboxylic acids is 1. The van der Waals surface area contributed by atoms with E-state index in [2.05, 4.69) is 28.3 Å². The normalized spacial score (nSPS) is 11.5. The highest BCUT2D eigenvalue weighted by atomic mass is 35.5. The molecular formula is C18H22ClN5OS2. The minimum Gasteiger partial charge on any atom is -0.302 e. The zero-order chi connectivity index (χ0) is 19.6. The van der Waals surface area contributed by atoms with Crippen molar-refractivity contribution in [1.29, 1.82) is 0 Å². The van der Waals surface area contributed by atoms with E-state index < -0.39 is 0 Å². The number of halogens is 1. The van der Waals surface area contributed by atoms with Crippen LogP contribution in [0.4, 0.5) is 5.13 Å². The third-order valence-electron chi connectivity index (χ3n) is 4.59. The van der Waals surface area contributed by atoms with Gasteiger partial charge < -0.3 is 4.90 Å². The molecule has 0 saturated carbocycles. The van der Waals surface area contributed by atoms with Gasteiger partial charge in [0.1, 0.15) is 4.88 Å². The molecule has 1 aromatic carbocycles. The smallest absolute Gasteiger partial charge is 0.273 e. The Morgan fingerprint density at radius 2 is 1.93 bits per heavy atom. The number of likely N-dealkylation sites (N-methyl/N-ethyl adjacent to an activating group) is 1. The first-order chi connectivity index (χ1) is 13.0. The van der Waals surface area contributed by atoms with Crippen molar-refractivity contribution < 1.29 is 4.79 Å². The summed E-state index contributed by atoms with van der Waals surface area (Å²) in [6.45, 7) is 11.2. The van der Waals surface area contributed by atoms with Crippen LogP contribution in [0.25, 0.3) is 10.2 Å². The number of carbonyl (C=O) groups is 1. The van der Waals surface area contributed by atoms with Crippen LogP contribution in [0.1, 0.15) is 34.8 Å². The second-order valence-corrected chi connectivity index (χ2v) is 8.36. The number of amides is 1. The van der Waals surface area contributed by atoms with Gasteiger partial charge in [-0.1, -0.05) is 41.3 Å². The minimum absolute atomic E-state index is 0.0996. The molecule has 144 valence electrons. The number of hydrogen-bond donors (Lipinski definition) is 0. The summed E-state index contributed by atoms with van der Waals surface area (Å²) in [5.41, 5.74) is 2.43. The van der Waals surface area contributed by atoms with Crippen LogP contribution in [0.15, 0.2) is 12.1 Å². The van der Waals surface area contributed by atoms with Crippen molar-refractivity contribution in [3.05, 3.63) is 33.3 Å². The van der Waals surface area contributed by atoms with Gasteiger partial charge in [-0.25, -0.2) is 4.98 Å². The number of rotatable bonds is 7. The Balaban J connectivity index is 1.99. The molecule has 6 nitrogen and oxygen atoms in total. The summed E-state index contributed by atoms with van der Waals surface area (Å²) in [6.07, 6.45) is 0. The van der Waals surface area contributed by atoms with Gasteiger partial charge in [-0.2, -0.15) is 0 Å². The van der Waals surface area contributed by atoms with Crippen molar-refractivity contribution in [2.45, 2.75) is 27.7 Å². The van der Waals surface area contributed by atoms with Crippen molar-refractivity contribution in [2.24, 2.45) is 0 Å². The molecule has 0 aliphatic carbocycles. The monoisotopic (exact) mass is 423 g/mol. The van der Waals surface area contributed by atoms with Crippen molar-refractivity contribution in [3.8, 4) is 0 Å². The van der Waals surface area contributed by atoms with Crippen LogP contribution >= 0.6 is 34.5 Å². The van der Waals surface area contributed by atoms with Crippen LogP contribution in [0.2, 0.25) is 5.02 Å². The Morgan fingerprint density at radius 3 is 2.56 bits per heavy atom. The fraction of sp³-hybridized carbons (Fsp3) is 0.444. The summed E-state index contributed by atoms with van der Waals surface area (Å²) in [4.78, 5) is 22.6. The van der Waals surface area contributed by atoms with Crippen LogP contribution in [0.3, 0.4) is 0 Å². The van der Waals surface area contributed by atoms with Gasteiger partial charge >= 0.3 is 0 Å². The molecule has 0 unspecified atom stereocenters. The number of anilines is 1. The predicted octanol–water partition coefficient (Wildman–Crippen LogP) is 4.41. The number of fused-ring (bicyclic) bond motifs is 1. The first-order valence-corrected chi connectivity index (χ1v) is 10.8. The number of thiazole rings is 1. The summed E-state index contributed by atoms with van der Waals surface area (Å²) in [7, 11) is 0. The van der Waals surface area contributed by atoms with E-state index in [0.29, 0.717) is 27.3 Å².